The van der Waals surface area contributed by atoms with Gasteiger partial charge in [0.25, 0.3) is 0 Å². The first-order valence-electron chi connectivity index (χ1n) is 5.58. The molecule has 1 atom stereocenters. The van der Waals surface area contributed by atoms with Crippen LogP contribution in [-0.4, -0.2) is 18.9 Å². The number of ether oxygens (including phenoxy) is 1. The van der Waals surface area contributed by atoms with Crippen LogP contribution in [0.1, 0.15) is 26.3 Å². The Balaban J connectivity index is 2.26. The number of nitrogens with zero attached hydrogens (tertiary/aromatic N) is 1. The van der Waals surface area contributed by atoms with Gasteiger partial charge < -0.3 is 9.64 Å². The van der Waals surface area contributed by atoms with Crippen molar-refractivity contribution < 1.29 is 4.74 Å². The van der Waals surface area contributed by atoms with E-state index in [1.807, 2.05) is 0 Å². The van der Waals surface area contributed by atoms with Gasteiger partial charge in [-0.3, -0.25) is 0 Å². The summed E-state index contributed by atoms with van der Waals surface area (Å²) in [6.45, 7) is 8.61. The Labute approximate surface area is 90.8 Å². The van der Waals surface area contributed by atoms with Gasteiger partial charge in [-0.1, -0.05) is 32.0 Å². The number of para-hydroxylation sites is 1. The third-order valence-electron chi connectivity index (χ3n) is 4.24. The zero-order valence-corrected chi connectivity index (χ0v) is 9.58. The van der Waals surface area contributed by atoms with Gasteiger partial charge in [0.15, 0.2) is 0 Å². The summed E-state index contributed by atoms with van der Waals surface area (Å²) in [5.41, 5.74) is 2.67. The molecule has 0 radical (unpaired) electrons. The maximum absolute atomic E-state index is 5.99. The number of anilines is 1. The lowest BCUT2D eigenvalue weighted by Crippen LogP contribution is -2.50. The lowest BCUT2D eigenvalue weighted by molar-refractivity contribution is -0.0250. The van der Waals surface area contributed by atoms with Gasteiger partial charge in [0.2, 0.25) is 0 Å². The predicted molar refractivity (Wildman–Crippen MR) is 61.2 cm³/mol. The number of benzene rings is 1. The van der Waals surface area contributed by atoms with E-state index < -0.39 is 0 Å². The zero-order valence-electron chi connectivity index (χ0n) is 9.58. The average molecular weight is 203 g/mol. The maximum Gasteiger partial charge on any atom is 0.147 e. The van der Waals surface area contributed by atoms with Gasteiger partial charge in [-0.15, -0.1) is 0 Å². The van der Waals surface area contributed by atoms with Crippen molar-refractivity contribution in [2.75, 3.05) is 18.1 Å². The molecule has 1 fully saturated rings. The summed E-state index contributed by atoms with van der Waals surface area (Å²) in [4.78, 5) is 2.41. The van der Waals surface area contributed by atoms with Gasteiger partial charge in [-0.05, 0) is 18.6 Å². The summed E-state index contributed by atoms with van der Waals surface area (Å²) in [5, 5.41) is 0. The Morgan fingerprint density at radius 2 is 1.93 bits per heavy atom. The largest absolute Gasteiger partial charge is 0.353 e. The Kier molecular flexibility index (Phi) is 1.57. The van der Waals surface area contributed by atoms with Gasteiger partial charge in [0.05, 0.1) is 6.61 Å². The molecule has 2 aliphatic rings. The van der Waals surface area contributed by atoms with Crippen LogP contribution in [0.2, 0.25) is 0 Å². The van der Waals surface area contributed by atoms with E-state index in [0.717, 1.165) is 13.2 Å². The van der Waals surface area contributed by atoms with Gasteiger partial charge in [0.1, 0.15) is 5.72 Å². The quantitative estimate of drug-likeness (QED) is 0.642. The highest BCUT2D eigenvalue weighted by Crippen LogP contribution is 2.53. The average Bonchev–Trinajstić information content (AvgIpc) is 2.67. The highest BCUT2D eigenvalue weighted by atomic mass is 16.5. The molecule has 1 unspecified atom stereocenters. The smallest absolute Gasteiger partial charge is 0.147 e. The summed E-state index contributed by atoms with van der Waals surface area (Å²) >= 11 is 0. The first-order chi connectivity index (χ1) is 7.07. The van der Waals surface area contributed by atoms with Gasteiger partial charge in [-0.25, -0.2) is 0 Å². The molecule has 15 heavy (non-hydrogen) atoms. The third kappa shape index (κ3) is 0.888. The van der Waals surface area contributed by atoms with Crippen molar-refractivity contribution in [3.63, 3.8) is 0 Å². The fourth-order valence-corrected chi connectivity index (χ4v) is 2.98. The predicted octanol–water partition coefficient (Wildman–Crippen LogP) is 2.53. The molecule has 2 heteroatoms. The third-order valence-corrected chi connectivity index (χ3v) is 4.24. The molecule has 0 aliphatic carbocycles. The van der Waals surface area contributed by atoms with Crippen LogP contribution in [-0.2, 0) is 10.2 Å². The minimum absolute atomic E-state index is 0.0695. The monoisotopic (exact) mass is 203 g/mol. The molecule has 0 amide bonds. The van der Waals surface area contributed by atoms with Crippen LogP contribution in [0.3, 0.4) is 0 Å². The highest BCUT2D eigenvalue weighted by molar-refractivity contribution is 5.65. The van der Waals surface area contributed by atoms with Gasteiger partial charge >= 0.3 is 0 Å². The topological polar surface area (TPSA) is 12.5 Å². The number of fused-ring (bicyclic) bond motifs is 3. The Morgan fingerprint density at radius 3 is 2.73 bits per heavy atom. The van der Waals surface area contributed by atoms with Crippen LogP contribution in [0.15, 0.2) is 24.3 Å². The number of rotatable bonds is 0. The molecule has 2 nitrogen and oxygen atoms in total. The molecule has 0 saturated carbocycles. The van der Waals surface area contributed by atoms with Gasteiger partial charge in [0, 0.05) is 17.6 Å². The lowest BCUT2D eigenvalue weighted by Gasteiger charge is -2.38. The normalized spacial score (nSPS) is 31.5. The molecule has 3 rings (SSSR count). The molecule has 1 aromatic carbocycles. The molecule has 0 N–H and O–H groups in total. The molecule has 0 spiro atoms. The first-order valence-corrected chi connectivity index (χ1v) is 5.58. The standard InChI is InChI=1S/C13H17NO/c1-12(2)10-6-4-5-7-11(10)14-8-9-15-13(12,14)3/h4-7H,8-9H2,1-3H3. The van der Waals surface area contributed by atoms with E-state index in [0.29, 0.717) is 0 Å². The summed E-state index contributed by atoms with van der Waals surface area (Å²) in [6, 6.07) is 8.66. The first kappa shape index (κ1) is 9.22. The second-order valence-electron chi connectivity index (χ2n) is 5.13. The minimum atomic E-state index is -0.156. The number of hydrogen-bond donors (Lipinski definition) is 0. The molecule has 0 bridgehead atoms. The Bertz CT molecular complexity index is 413. The molecule has 1 saturated heterocycles. The van der Waals surface area contributed by atoms with E-state index in [1.165, 1.54) is 11.3 Å². The van der Waals surface area contributed by atoms with E-state index in [2.05, 4.69) is 49.9 Å². The number of hydrogen-bond acceptors (Lipinski definition) is 2. The van der Waals surface area contributed by atoms with E-state index in [-0.39, 0.29) is 11.1 Å². The second kappa shape index (κ2) is 2.56. The van der Waals surface area contributed by atoms with Crippen molar-refractivity contribution in [1.82, 2.24) is 0 Å². The fraction of sp³-hybridized carbons (Fsp3) is 0.538. The van der Waals surface area contributed by atoms with E-state index in [9.17, 15) is 0 Å². The fourth-order valence-electron chi connectivity index (χ4n) is 2.98. The second-order valence-corrected chi connectivity index (χ2v) is 5.13. The molecule has 2 aliphatic heterocycles. The zero-order chi connectivity index (χ0) is 10.7. The molecule has 1 aromatic rings. The van der Waals surface area contributed by atoms with Crippen molar-refractivity contribution in [3.05, 3.63) is 29.8 Å². The summed E-state index contributed by atoms with van der Waals surface area (Å²) in [6.07, 6.45) is 0. The molecular formula is C13H17NO. The van der Waals surface area contributed by atoms with E-state index >= 15 is 0 Å². The minimum Gasteiger partial charge on any atom is -0.353 e. The van der Waals surface area contributed by atoms with Crippen molar-refractivity contribution >= 4 is 5.69 Å². The van der Waals surface area contributed by atoms with Gasteiger partial charge in [-0.2, -0.15) is 0 Å². The van der Waals surface area contributed by atoms with Crippen LogP contribution in [0.25, 0.3) is 0 Å². The van der Waals surface area contributed by atoms with Crippen molar-refractivity contribution in [1.29, 1.82) is 0 Å². The van der Waals surface area contributed by atoms with Crippen molar-refractivity contribution in [2.45, 2.75) is 31.9 Å². The Hall–Kier alpha value is -1.02. The van der Waals surface area contributed by atoms with Crippen molar-refractivity contribution in [2.24, 2.45) is 0 Å². The summed E-state index contributed by atoms with van der Waals surface area (Å²) in [5.74, 6) is 0. The molecule has 2 heterocycles. The van der Waals surface area contributed by atoms with Crippen molar-refractivity contribution in [3.8, 4) is 0 Å². The van der Waals surface area contributed by atoms with Crippen LogP contribution in [0.5, 0.6) is 0 Å². The SMILES string of the molecule is CC1(C)c2ccccc2N2CCOC21C. The molecule has 80 valence electrons. The maximum atomic E-state index is 5.99. The van der Waals surface area contributed by atoms with Crippen LogP contribution < -0.4 is 4.90 Å². The summed E-state index contributed by atoms with van der Waals surface area (Å²) in [7, 11) is 0. The lowest BCUT2D eigenvalue weighted by atomic mass is 9.78. The van der Waals surface area contributed by atoms with Crippen LogP contribution in [0.4, 0.5) is 5.69 Å². The molecule has 0 aromatic heterocycles. The Morgan fingerprint density at radius 1 is 1.20 bits per heavy atom. The van der Waals surface area contributed by atoms with Crippen LogP contribution in [0, 0.1) is 0 Å². The van der Waals surface area contributed by atoms with Crippen LogP contribution >= 0.6 is 0 Å². The molecular weight excluding hydrogens is 186 g/mol. The van der Waals surface area contributed by atoms with E-state index in [4.69, 9.17) is 4.74 Å². The highest BCUT2D eigenvalue weighted by Gasteiger charge is 2.57. The summed E-state index contributed by atoms with van der Waals surface area (Å²) < 4.78 is 5.99. The van der Waals surface area contributed by atoms with E-state index in [1.54, 1.807) is 0 Å².